The second-order valence-corrected chi connectivity index (χ2v) is 6.33. The van der Waals surface area contributed by atoms with Gasteiger partial charge in [0.25, 0.3) is 5.91 Å². The lowest BCUT2D eigenvalue weighted by atomic mass is 10.1. The number of aliphatic hydroxyl groups is 1. The molecule has 6 heteroatoms. The van der Waals surface area contributed by atoms with Gasteiger partial charge in [-0.3, -0.25) is 4.79 Å². The first-order valence-electron chi connectivity index (χ1n) is 5.52. The number of hydrogen-bond donors (Lipinski definition) is 2. The number of aliphatic hydroxyl groups excluding tert-OH is 1. The number of carbonyl (C=O) groups excluding carboxylic acids is 1. The van der Waals surface area contributed by atoms with Gasteiger partial charge < -0.3 is 10.4 Å². The van der Waals surface area contributed by atoms with Crippen molar-refractivity contribution in [2.75, 3.05) is 0 Å². The van der Waals surface area contributed by atoms with Gasteiger partial charge in [-0.1, -0.05) is 6.07 Å². The molecule has 0 unspecified atom stereocenters. The fraction of sp³-hybridized carbons (Fsp3) is 0.154. The van der Waals surface area contributed by atoms with Gasteiger partial charge in [0.2, 0.25) is 0 Å². The van der Waals surface area contributed by atoms with Crippen LogP contribution in [-0.2, 0) is 13.2 Å². The van der Waals surface area contributed by atoms with Crippen LogP contribution in [0, 0.1) is 5.82 Å². The molecule has 0 atom stereocenters. The summed E-state index contributed by atoms with van der Waals surface area (Å²) in [6.07, 6.45) is 0. The summed E-state index contributed by atoms with van der Waals surface area (Å²) in [6, 6.07) is 7.95. The first-order chi connectivity index (χ1) is 9.10. The molecule has 2 aromatic rings. The van der Waals surface area contributed by atoms with Crippen LogP contribution >= 0.6 is 27.3 Å². The zero-order valence-corrected chi connectivity index (χ0v) is 12.2. The number of amides is 1. The van der Waals surface area contributed by atoms with Crippen molar-refractivity contribution in [3.8, 4) is 0 Å². The summed E-state index contributed by atoms with van der Waals surface area (Å²) < 4.78 is 14.1. The molecule has 1 aromatic heterocycles. The van der Waals surface area contributed by atoms with Gasteiger partial charge in [0.1, 0.15) is 5.82 Å². The van der Waals surface area contributed by atoms with Crippen LogP contribution < -0.4 is 5.32 Å². The minimum atomic E-state index is -0.445. The Labute approximate surface area is 122 Å². The Morgan fingerprint density at radius 2 is 2.16 bits per heavy atom. The molecule has 0 spiro atoms. The Balaban J connectivity index is 2.01. The second-order valence-electron chi connectivity index (χ2n) is 3.87. The normalized spacial score (nSPS) is 10.5. The van der Waals surface area contributed by atoms with Gasteiger partial charge in [-0.2, -0.15) is 0 Å². The lowest BCUT2D eigenvalue weighted by molar-refractivity contribution is 0.0955. The first kappa shape index (κ1) is 14.2. The Morgan fingerprint density at radius 1 is 1.37 bits per heavy atom. The van der Waals surface area contributed by atoms with Crippen molar-refractivity contribution in [3.63, 3.8) is 0 Å². The summed E-state index contributed by atoms with van der Waals surface area (Å²) in [4.78, 5) is 12.4. The van der Waals surface area contributed by atoms with E-state index in [0.29, 0.717) is 11.4 Å². The van der Waals surface area contributed by atoms with Crippen molar-refractivity contribution in [2.45, 2.75) is 13.2 Å². The molecule has 0 aliphatic rings. The minimum absolute atomic E-state index is 0.175. The molecule has 0 bridgehead atoms. The number of carbonyl (C=O) groups is 1. The molecule has 0 aliphatic heterocycles. The molecule has 0 radical (unpaired) electrons. The molecule has 1 amide bonds. The van der Waals surface area contributed by atoms with E-state index in [2.05, 4.69) is 21.2 Å². The molecule has 0 saturated heterocycles. The van der Waals surface area contributed by atoms with Crippen LogP contribution in [0.2, 0.25) is 0 Å². The summed E-state index contributed by atoms with van der Waals surface area (Å²) in [6.45, 7) is -0.0624. The van der Waals surface area contributed by atoms with Gasteiger partial charge in [0, 0.05) is 12.1 Å². The van der Waals surface area contributed by atoms with Crippen molar-refractivity contribution in [2.24, 2.45) is 0 Å². The third-order valence-corrected chi connectivity index (χ3v) is 4.15. The van der Waals surface area contributed by atoms with E-state index in [4.69, 9.17) is 5.11 Å². The van der Waals surface area contributed by atoms with E-state index in [1.807, 2.05) is 0 Å². The monoisotopic (exact) mass is 343 g/mol. The van der Waals surface area contributed by atoms with Crippen LogP contribution in [0.15, 0.2) is 34.1 Å². The molecule has 0 saturated carbocycles. The van der Waals surface area contributed by atoms with Gasteiger partial charge >= 0.3 is 0 Å². The number of thiophene rings is 1. The smallest absolute Gasteiger partial charge is 0.261 e. The van der Waals surface area contributed by atoms with Crippen LogP contribution in [-0.4, -0.2) is 11.0 Å². The third kappa shape index (κ3) is 3.62. The molecule has 2 rings (SSSR count). The van der Waals surface area contributed by atoms with E-state index in [1.54, 1.807) is 24.3 Å². The highest BCUT2D eigenvalue weighted by Gasteiger charge is 2.08. The standard InChI is InChI=1S/C13H11BrFNO2S/c14-12-4-3-11(19-12)13(18)16-6-8-1-2-10(15)9(5-8)7-17/h1-5,17H,6-7H2,(H,16,18). The van der Waals surface area contributed by atoms with Crippen LogP contribution in [0.3, 0.4) is 0 Å². The van der Waals surface area contributed by atoms with Crippen molar-refractivity contribution in [1.82, 2.24) is 5.32 Å². The zero-order chi connectivity index (χ0) is 13.8. The summed E-state index contributed by atoms with van der Waals surface area (Å²) in [5.74, 6) is -0.620. The summed E-state index contributed by atoms with van der Waals surface area (Å²) >= 11 is 4.64. The number of nitrogens with one attached hydrogen (secondary N) is 1. The predicted molar refractivity (Wildman–Crippen MR) is 75.5 cm³/mol. The van der Waals surface area contributed by atoms with Gasteiger partial charge in [-0.25, -0.2) is 4.39 Å². The summed E-state index contributed by atoms with van der Waals surface area (Å²) in [7, 11) is 0. The van der Waals surface area contributed by atoms with Crippen molar-refractivity contribution in [1.29, 1.82) is 0 Å². The topological polar surface area (TPSA) is 49.3 Å². The quantitative estimate of drug-likeness (QED) is 0.896. The van der Waals surface area contributed by atoms with Crippen LogP contribution in [0.5, 0.6) is 0 Å². The van der Waals surface area contributed by atoms with E-state index in [9.17, 15) is 9.18 Å². The van der Waals surface area contributed by atoms with Gasteiger partial charge in [0.05, 0.1) is 15.3 Å². The summed E-state index contributed by atoms with van der Waals surface area (Å²) in [5, 5.41) is 11.7. The van der Waals surface area contributed by atoms with Crippen molar-refractivity contribution < 1.29 is 14.3 Å². The Bertz CT molecular complexity index is 600. The van der Waals surface area contributed by atoms with Gasteiger partial charge in [-0.05, 0) is 45.8 Å². The van der Waals surface area contributed by atoms with Crippen LogP contribution in [0.4, 0.5) is 4.39 Å². The highest BCUT2D eigenvalue weighted by atomic mass is 79.9. The number of rotatable bonds is 4. The fourth-order valence-electron chi connectivity index (χ4n) is 1.56. The van der Waals surface area contributed by atoms with Crippen molar-refractivity contribution >= 4 is 33.2 Å². The highest BCUT2D eigenvalue weighted by molar-refractivity contribution is 9.11. The fourth-order valence-corrected chi connectivity index (χ4v) is 2.87. The molecule has 19 heavy (non-hydrogen) atoms. The Kier molecular flexibility index (Phi) is 4.68. The molecule has 0 fully saturated rings. The maximum absolute atomic E-state index is 13.2. The lowest BCUT2D eigenvalue weighted by Gasteiger charge is -2.06. The average Bonchev–Trinajstić information content (AvgIpc) is 2.84. The van der Waals surface area contributed by atoms with Gasteiger partial charge in [-0.15, -0.1) is 11.3 Å². The van der Waals surface area contributed by atoms with E-state index in [0.717, 1.165) is 9.35 Å². The van der Waals surface area contributed by atoms with E-state index < -0.39 is 5.82 Å². The number of benzene rings is 1. The number of halogens is 2. The van der Waals surface area contributed by atoms with Crippen LogP contribution in [0.25, 0.3) is 0 Å². The first-order valence-corrected chi connectivity index (χ1v) is 7.13. The molecule has 1 heterocycles. The molecular weight excluding hydrogens is 333 g/mol. The van der Waals surface area contributed by atoms with E-state index >= 15 is 0 Å². The zero-order valence-electron chi connectivity index (χ0n) is 9.82. The van der Waals surface area contributed by atoms with E-state index in [1.165, 1.54) is 17.4 Å². The predicted octanol–water partition coefficient (Wildman–Crippen LogP) is 3.07. The average molecular weight is 344 g/mol. The summed E-state index contributed by atoms with van der Waals surface area (Å²) in [5.41, 5.74) is 0.972. The SMILES string of the molecule is O=C(NCc1ccc(F)c(CO)c1)c1ccc(Br)s1. The third-order valence-electron chi connectivity index (χ3n) is 2.53. The lowest BCUT2D eigenvalue weighted by Crippen LogP contribution is -2.21. The van der Waals surface area contributed by atoms with E-state index in [-0.39, 0.29) is 18.1 Å². The molecule has 0 aliphatic carbocycles. The second kappa shape index (κ2) is 6.27. The maximum Gasteiger partial charge on any atom is 0.261 e. The Hall–Kier alpha value is -1.24. The number of hydrogen-bond acceptors (Lipinski definition) is 3. The molecule has 100 valence electrons. The molecule has 3 nitrogen and oxygen atoms in total. The van der Waals surface area contributed by atoms with Crippen LogP contribution in [0.1, 0.15) is 20.8 Å². The largest absolute Gasteiger partial charge is 0.392 e. The van der Waals surface area contributed by atoms with Gasteiger partial charge in [0.15, 0.2) is 0 Å². The molecular formula is C13H11BrFNO2S. The molecule has 2 N–H and O–H groups in total. The van der Waals surface area contributed by atoms with Crippen molar-refractivity contribution in [3.05, 3.63) is 55.9 Å². The molecule has 1 aromatic carbocycles. The maximum atomic E-state index is 13.2. The Morgan fingerprint density at radius 3 is 2.79 bits per heavy atom. The highest BCUT2D eigenvalue weighted by Crippen LogP contribution is 2.22. The minimum Gasteiger partial charge on any atom is -0.392 e.